The summed E-state index contributed by atoms with van der Waals surface area (Å²) in [4.78, 5) is 7.28. The highest BCUT2D eigenvalue weighted by Crippen LogP contribution is 2.20. The van der Waals surface area contributed by atoms with Crippen LogP contribution in [0.1, 0.15) is 53.9 Å². The Morgan fingerprint density at radius 1 is 1.19 bits per heavy atom. The predicted molar refractivity (Wildman–Crippen MR) is 92.9 cm³/mol. The lowest BCUT2D eigenvalue weighted by Gasteiger charge is -2.34. The van der Waals surface area contributed by atoms with Crippen LogP contribution in [0, 0.1) is 11.8 Å². The minimum Gasteiger partial charge on any atom is -0.357 e. The van der Waals surface area contributed by atoms with Gasteiger partial charge in [0.2, 0.25) is 0 Å². The van der Waals surface area contributed by atoms with Crippen LogP contribution >= 0.6 is 0 Å². The minimum absolute atomic E-state index is 0.430. The fourth-order valence-electron chi connectivity index (χ4n) is 3.21. The van der Waals surface area contributed by atoms with Crippen LogP contribution in [-0.4, -0.2) is 49.6 Å². The van der Waals surface area contributed by atoms with E-state index in [1.165, 1.54) is 38.9 Å². The van der Waals surface area contributed by atoms with E-state index in [2.05, 4.69) is 55.1 Å². The first kappa shape index (κ1) is 18.3. The summed E-state index contributed by atoms with van der Waals surface area (Å²) in [6.07, 6.45) is 3.83. The molecule has 2 unspecified atom stereocenters. The highest BCUT2D eigenvalue weighted by Gasteiger charge is 2.20. The van der Waals surface area contributed by atoms with E-state index >= 15 is 0 Å². The third-order valence-electron chi connectivity index (χ3n) is 3.87. The molecule has 1 fully saturated rings. The maximum absolute atomic E-state index is 4.64. The zero-order chi connectivity index (χ0) is 15.7. The lowest BCUT2D eigenvalue weighted by Crippen LogP contribution is -2.41. The summed E-state index contributed by atoms with van der Waals surface area (Å²) in [7, 11) is 0. The molecule has 1 rings (SSSR count). The van der Waals surface area contributed by atoms with Crippen molar-refractivity contribution in [3.63, 3.8) is 0 Å². The lowest BCUT2D eigenvalue weighted by atomic mass is 9.92. The highest BCUT2D eigenvalue weighted by atomic mass is 15.2. The van der Waals surface area contributed by atoms with E-state index in [-0.39, 0.29) is 0 Å². The van der Waals surface area contributed by atoms with Crippen molar-refractivity contribution in [1.29, 1.82) is 0 Å². The van der Waals surface area contributed by atoms with Gasteiger partial charge in [0.25, 0.3) is 0 Å². The van der Waals surface area contributed by atoms with Crippen molar-refractivity contribution < 1.29 is 0 Å². The molecule has 0 saturated carbocycles. The summed E-state index contributed by atoms with van der Waals surface area (Å²) >= 11 is 0. The van der Waals surface area contributed by atoms with Crippen LogP contribution in [0.2, 0.25) is 0 Å². The Morgan fingerprint density at radius 2 is 1.86 bits per heavy atom. The number of nitrogens with zero attached hydrogens (tertiary/aromatic N) is 2. The molecule has 0 aliphatic carbocycles. The summed E-state index contributed by atoms with van der Waals surface area (Å²) < 4.78 is 0. The topological polar surface area (TPSA) is 39.7 Å². The number of rotatable bonds is 7. The molecule has 1 saturated heterocycles. The second-order valence-electron chi connectivity index (χ2n) is 6.97. The zero-order valence-corrected chi connectivity index (χ0v) is 14.8. The molecule has 2 atom stereocenters. The van der Waals surface area contributed by atoms with Crippen LogP contribution in [0.3, 0.4) is 0 Å². The molecule has 1 heterocycles. The van der Waals surface area contributed by atoms with E-state index in [1.807, 2.05) is 0 Å². The van der Waals surface area contributed by atoms with Gasteiger partial charge in [0, 0.05) is 32.2 Å². The molecule has 0 radical (unpaired) electrons. The van der Waals surface area contributed by atoms with Gasteiger partial charge in [-0.15, -0.1) is 0 Å². The average Bonchev–Trinajstić information content (AvgIpc) is 2.36. The van der Waals surface area contributed by atoms with Crippen molar-refractivity contribution in [2.24, 2.45) is 16.8 Å². The quantitative estimate of drug-likeness (QED) is 0.431. The summed E-state index contributed by atoms with van der Waals surface area (Å²) in [5, 5.41) is 6.66. The Bertz CT molecular complexity index is 291. The molecule has 1 aliphatic heterocycles. The summed E-state index contributed by atoms with van der Waals surface area (Å²) in [6, 6.07) is 0.430. The number of hydrogen-bond acceptors (Lipinski definition) is 2. The van der Waals surface area contributed by atoms with Gasteiger partial charge in [-0.3, -0.25) is 4.99 Å². The Labute approximate surface area is 131 Å². The van der Waals surface area contributed by atoms with Crippen molar-refractivity contribution in [3.8, 4) is 0 Å². The Hall–Kier alpha value is -0.770. The van der Waals surface area contributed by atoms with Gasteiger partial charge < -0.3 is 15.5 Å². The Balaban J connectivity index is 2.20. The molecule has 0 aromatic carbocycles. The van der Waals surface area contributed by atoms with Crippen LogP contribution in [-0.2, 0) is 0 Å². The fraction of sp³-hybridized carbons (Fsp3) is 0.941. The molecule has 21 heavy (non-hydrogen) atoms. The van der Waals surface area contributed by atoms with Crippen molar-refractivity contribution in [2.45, 2.75) is 59.9 Å². The van der Waals surface area contributed by atoms with Crippen LogP contribution in [0.15, 0.2) is 4.99 Å². The highest BCUT2D eigenvalue weighted by molar-refractivity contribution is 5.79. The number of aliphatic imine (C=N–C) groups is 1. The number of likely N-dealkylation sites (tertiary alicyclic amines) is 1. The van der Waals surface area contributed by atoms with E-state index in [4.69, 9.17) is 0 Å². The standard InChI is InChI=1S/C17H36N4/c1-6-18-17(20-14(2)3)19-9-7-8-10-21-12-15(4)11-16(5)13-21/h14-16H,6-13H2,1-5H3,(H2,18,19,20). The molecule has 2 N–H and O–H groups in total. The molecule has 0 bridgehead atoms. The largest absolute Gasteiger partial charge is 0.357 e. The number of nitrogens with one attached hydrogen (secondary N) is 2. The first-order chi connectivity index (χ1) is 10.0. The van der Waals surface area contributed by atoms with Gasteiger partial charge in [-0.1, -0.05) is 13.8 Å². The summed E-state index contributed by atoms with van der Waals surface area (Å²) in [5.41, 5.74) is 0. The van der Waals surface area contributed by atoms with Crippen LogP contribution in [0.5, 0.6) is 0 Å². The van der Waals surface area contributed by atoms with Crippen molar-refractivity contribution >= 4 is 5.96 Å². The Kier molecular flexibility index (Phi) is 8.74. The second kappa shape index (κ2) is 10.0. The molecule has 0 aromatic rings. The van der Waals surface area contributed by atoms with Crippen molar-refractivity contribution in [1.82, 2.24) is 15.5 Å². The first-order valence-corrected chi connectivity index (χ1v) is 8.78. The molecular formula is C17H36N4. The molecule has 1 aliphatic rings. The molecule has 124 valence electrons. The van der Waals surface area contributed by atoms with Gasteiger partial charge in [0.05, 0.1) is 0 Å². The third kappa shape index (κ3) is 8.30. The zero-order valence-electron chi connectivity index (χ0n) is 14.8. The van der Waals surface area contributed by atoms with Crippen molar-refractivity contribution in [2.75, 3.05) is 32.7 Å². The van der Waals surface area contributed by atoms with Gasteiger partial charge in [-0.25, -0.2) is 0 Å². The van der Waals surface area contributed by atoms with Crippen LogP contribution in [0.4, 0.5) is 0 Å². The number of unbranched alkanes of at least 4 members (excludes halogenated alkanes) is 1. The number of guanidine groups is 1. The minimum atomic E-state index is 0.430. The first-order valence-electron chi connectivity index (χ1n) is 8.78. The van der Waals surface area contributed by atoms with Gasteiger partial charge in [-0.2, -0.15) is 0 Å². The normalized spacial score (nSPS) is 24.4. The van der Waals surface area contributed by atoms with Gasteiger partial charge in [0.15, 0.2) is 5.96 Å². The summed E-state index contributed by atoms with van der Waals surface area (Å²) in [6.45, 7) is 16.8. The van der Waals surface area contributed by atoms with E-state index < -0.39 is 0 Å². The van der Waals surface area contributed by atoms with Gasteiger partial charge in [0.1, 0.15) is 0 Å². The fourth-order valence-corrected chi connectivity index (χ4v) is 3.21. The van der Waals surface area contributed by atoms with E-state index in [0.29, 0.717) is 6.04 Å². The molecule has 0 spiro atoms. The smallest absolute Gasteiger partial charge is 0.191 e. The van der Waals surface area contributed by atoms with Crippen molar-refractivity contribution in [3.05, 3.63) is 0 Å². The number of piperidine rings is 1. The number of hydrogen-bond donors (Lipinski definition) is 2. The van der Waals surface area contributed by atoms with Gasteiger partial charge >= 0.3 is 0 Å². The third-order valence-corrected chi connectivity index (χ3v) is 3.87. The predicted octanol–water partition coefficient (Wildman–Crippen LogP) is 2.71. The monoisotopic (exact) mass is 296 g/mol. The molecule has 0 aromatic heterocycles. The van der Waals surface area contributed by atoms with E-state index in [1.54, 1.807) is 0 Å². The maximum Gasteiger partial charge on any atom is 0.191 e. The second-order valence-corrected chi connectivity index (χ2v) is 6.97. The van der Waals surface area contributed by atoms with E-state index in [9.17, 15) is 0 Å². The maximum atomic E-state index is 4.64. The summed E-state index contributed by atoms with van der Waals surface area (Å²) in [5.74, 6) is 2.68. The molecule has 4 heteroatoms. The molecule has 4 nitrogen and oxygen atoms in total. The lowest BCUT2D eigenvalue weighted by molar-refractivity contribution is 0.139. The average molecular weight is 297 g/mol. The van der Waals surface area contributed by atoms with Crippen LogP contribution in [0.25, 0.3) is 0 Å². The van der Waals surface area contributed by atoms with Gasteiger partial charge in [-0.05, 0) is 58.4 Å². The molecule has 0 amide bonds. The molecular weight excluding hydrogens is 260 g/mol. The Morgan fingerprint density at radius 3 is 2.43 bits per heavy atom. The van der Waals surface area contributed by atoms with E-state index in [0.717, 1.165) is 30.9 Å². The SMILES string of the molecule is CCNC(=NCCCCN1CC(C)CC(C)C1)NC(C)C. The van der Waals surface area contributed by atoms with Crippen LogP contribution < -0.4 is 10.6 Å².